The summed E-state index contributed by atoms with van der Waals surface area (Å²) in [6.07, 6.45) is 0.697. The van der Waals surface area contributed by atoms with Crippen LogP contribution in [0, 0.1) is 0 Å². The number of carbonyl (C=O) groups is 2. The van der Waals surface area contributed by atoms with Gasteiger partial charge in [-0.1, -0.05) is 12.1 Å². The first-order valence-corrected chi connectivity index (χ1v) is 6.66. The minimum Gasteiger partial charge on any atom is -0.478 e. The number of nitrogens with zero attached hydrogens (tertiary/aromatic N) is 2. The molecule has 0 fully saturated rings. The van der Waals surface area contributed by atoms with Crippen LogP contribution in [0.25, 0.3) is 11.0 Å². The summed E-state index contributed by atoms with van der Waals surface area (Å²) in [5.74, 6) is -0.336. The highest BCUT2D eigenvalue weighted by Crippen LogP contribution is 2.17. The topological polar surface area (TPSA) is 86.3 Å². The van der Waals surface area contributed by atoms with Crippen molar-refractivity contribution in [2.24, 2.45) is 0 Å². The lowest BCUT2D eigenvalue weighted by Gasteiger charge is -2.16. The van der Waals surface area contributed by atoms with E-state index >= 15 is 0 Å². The molecule has 6 nitrogen and oxygen atoms in total. The number of anilines is 1. The predicted molar refractivity (Wildman–Crippen MR) is 81.7 cm³/mol. The highest BCUT2D eigenvalue weighted by Gasteiger charge is 2.11. The lowest BCUT2D eigenvalue weighted by molar-refractivity contribution is -0.107. The minimum atomic E-state index is -0.999. The van der Waals surface area contributed by atoms with Gasteiger partial charge in [-0.2, -0.15) is 0 Å². The number of imidazole rings is 1. The second kappa shape index (κ2) is 5.69. The number of para-hydroxylation sites is 2. The Labute approximate surface area is 126 Å². The van der Waals surface area contributed by atoms with Crippen LogP contribution in [0.2, 0.25) is 0 Å². The quantitative estimate of drug-likeness (QED) is 0.708. The summed E-state index contributed by atoms with van der Waals surface area (Å²) in [4.78, 5) is 31.2. The van der Waals surface area contributed by atoms with Crippen molar-refractivity contribution in [1.29, 1.82) is 0 Å². The van der Waals surface area contributed by atoms with Gasteiger partial charge in [0.15, 0.2) is 0 Å². The summed E-state index contributed by atoms with van der Waals surface area (Å²) in [5, 5.41) is 8.89. The molecule has 0 aliphatic heterocycles. The molecule has 0 radical (unpaired) electrons. The van der Waals surface area contributed by atoms with Crippen molar-refractivity contribution in [3.63, 3.8) is 0 Å². The summed E-state index contributed by atoms with van der Waals surface area (Å²) in [6.45, 7) is 0.282. The van der Waals surface area contributed by atoms with Crippen molar-refractivity contribution >= 4 is 29.1 Å². The average Bonchev–Trinajstić information content (AvgIpc) is 2.95. The Bertz CT molecular complexity index is 791. The molecule has 0 bridgehead atoms. The number of H-pyrrole nitrogens is 1. The fraction of sp³-hybridized carbons (Fsp3) is 0.0625. The number of nitrogens with one attached hydrogen (secondary N) is 1. The molecule has 0 unspecified atom stereocenters. The van der Waals surface area contributed by atoms with Gasteiger partial charge < -0.3 is 15.0 Å². The zero-order valence-corrected chi connectivity index (χ0v) is 11.6. The number of amides is 1. The number of rotatable bonds is 5. The summed E-state index contributed by atoms with van der Waals surface area (Å²) in [7, 11) is 0. The van der Waals surface area contributed by atoms with E-state index < -0.39 is 5.97 Å². The summed E-state index contributed by atoms with van der Waals surface area (Å²) >= 11 is 0. The Morgan fingerprint density at radius 1 is 1.18 bits per heavy atom. The van der Waals surface area contributed by atoms with Crippen LogP contribution in [0.3, 0.4) is 0 Å². The number of aromatic carboxylic acids is 1. The molecule has 2 N–H and O–H groups in total. The molecule has 0 saturated heterocycles. The number of aromatic amines is 1. The van der Waals surface area contributed by atoms with Crippen molar-refractivity contribution in [1.82, 2.24) is 9.97 Å². The van der Waals surface area contributed by atoms with Gasteiger partial charge in [0.1, 0.15) is 5.82 Å². The average molecular weight is 295 g/mol. The maximum Gasteiger partial charge on any atom is 0.335 e. The standard InChI is InChI=1S/C16H13N3O3/c20-10-19(12-7-5-11(6-8-12)16(21)22)9-15-17-13-3-1-2-4-14(13)18-15/h1-8,10H,9H2,(H,17,18)(H,21,22). The molecular weight excluding hydrogens is 282 g/mol. The smallest absolute Gasteiger partial charge is 0.335 e. The molecule has 6 heteroatoms. The normalized spacial score (nSPS) is 10.5. The Hall–Kier alpha value is -3.15. The van der Waals surface area contributed by atoms with Crippen LogP contribution in [-0.4, -0.2) is 27.5 Å². The lowest BCUT2D eigenvalue weighted by atomic mass is 10.2. The maximum absolute atomic E-state index is 11.3. The Balaban J connectivity index is 1.84. The number of carbonyl (C=O) groups excluding carboxylic acids is 1. The van der Waals surface area contributed by atoms with E-state index in [1.165, 1.54) is 17.0 Å². The SMILES string of the molecule is O=CN(Cc1nc2ccccc2[nH]1)c1ccc(C(=O)O)cc1. The van der Waals surface area contributed by atoms with Crippen LogP contribution in [0.4, 0.5) is 5.69 Å². The molecule has 0 spiro atoms. The summed E-state index contributed by atoms with van der Waals surface area (Å²) in [5.41, 5.74) is 2.54. The summed E-state index contributed by atoms with van der Waals surface area (Å²) in [6, 6.07) is 13.7. The van der Waals surface area contributed by atoms with Gasteiger partial charge in [0.2, 0.25) is 6.41 Å². The molecule has 22 heavy (non-hydrogen) atoms. The molecule has 0 atom stereocenters. The molecular formula is C16H13N3O3. The van der Waals surface area contributed by atoms with Crippen LogP contribution >= 0.6 is 0 Å². The first kappa shape index (κ1) is 13.8. The largest absolute Gasteiger partial charge is 0.478 e. The fourth-order valence-corrected chi connectivity index (χ4v) is 2.23. The van der Waals surface area contributed by atoms with E-state index in [1.807, 2.05) is 24.3 Å². The van der Waals surface area contributed by atoms with Crippen LogP contribution in [0.1, 0.15) is 16.2 Å². The minimum absolute atomic E-state index is 0.179. The van der Waals surface area contributed by atoms with Crippen LogP contribution in [-0.2, 0) is 11.3 Å². The van der Waals surface area contributed by atoms with E-state index in [1.54, 1.807) is 12.1 Å². The Morgan fingerprint density at radius 2 is 1.91 bits per heavy atom. The fourth-order valence-electron chi connectivity index (χ4n) is 2.23. The van der Waals surface area contributed by atoms with Gasteiger partial charge in [-0.25, -0.2) is 9.78 Å². The lowest BCUT2D eigenvalue weighted by Crippen LogP contribution is -2.21. The first-order valence-electron chi connectivity index (χ1n) is 6.66. The molecule has 1 aromatic heterocycles. The Morgan fingerprint density at radius 3 is 2.55 bits per heavy atom. The number of carboxylic acid groups (broad SMARTS) is 1. The van der Waals surface area contributed by atoms with Crippen molar-refractivity contribution in [2.45, 2.75) is 6.54 Å². The Kier molecular flexibility index (Phi) is 3.57. The molecule has 3 rings (SSSR count). The van der Waals surface area contributed by atoms with Gasteiger partial charge >= 0.3 is 5.97 Å². The van der Waals surface area contributed by atoms with Crippen LogP contribution in [0.15, 0.2) is 48.5 Å². The van der Waals surface area contributed by atoms with Gasteiger partial charge in [0, 0.05) is 5.69 Å². The monoisotopic (exact) mass is 295 g/mol. The van der Waals surface area contributed by atoms with Gasteiger partial charge in [0.05, 0.1) is 23.1 Å². The van der Waals surface area contributed by atoms with E-state index in [0.717, 1.165) is 11.0 Å². The van der Waals surface area contributed by atoms with E-state index in [4.69, 9.17) is 5.11 Å². The van der Waals surface area contributed by atoms with Crippen molar-refractivity contribution < 1.29 is 14.7 Å². The van der Waals surface area contributed by atoms with Crippen molar-refractivity contribution in [3.05, 3.63) is 59.9 Å². The third kappa shape index (κ3) is 2.67. The highest BCUT2D eigenvalue weighted by atomic mass is 16.4. The second-order valence-electron chi connectivity index (χ2n) is 4.79. The van der Waals surface area contributed by atoms with Gasteiger partial charge in [-0.05, 0) is 36.4 Å². The number of fused-ring (bicyclic) bond motifs is 1. The highest BCUT2D eigenvalue weighted by molar-refractivity contribution is 5.88. The van der Waals surface area contributed by atoms with E-state index in [0.29, 0.717) is 17.9 Å². The van der Waals surface area contributed by atoms with E-state index in [9.17, 15) is 9.59 Å². The van der Waals surface area contributed by atoms with Crippen LogP contribution in [0.5, 0.6) is 0 Å². The van der Waals surface area contributed by atoms with Gasteiger partial charge in [-0.3, -0.25) is 4.79 Å². The van der Waals surface area contributed by atoms with Crippen molar-refractivity contribution in [3.8, 4) is 0 Å². The molecule has 2 aromatic carbocycles. The number of hydrogen-bond donors (Lipinski definition) is 2. The second-order valence-corrected chi connectivity index (χ2v) is 4.79. The molecule has 0 saturated carbocycles. The van der Waals surface area contributed by atoms with Crippen molar-refractivity contribution in [2.75, 3.05) is 4.90 Å². The molecule has 0 aliphatic rings. The number of hydrogen-bond acceptors (Lipinski definition) is 3. The summed E-state index contributed by atoms with van der Waals surface area (Å²) < 4.78 is 0. The third-order valence-corrected chi connectivity index (χ3v) is 3.33. The van der Waals surface area contributed by atoms with Gasteiger partial charge in [-0.15, -0.1) is 0 Å². The number of aromatic nitrogens is 2. The van der Waals surface area contributed by atoms with Gasteiger partial charge in [0.25, 0.3) is 0 Å². The zero-order chi connectivity index (χ0) is 15.5. The molecule has 1 amide bonds. The van der Waals surface area contributed by atoms with E-state index in [-0.39, 0.29) is 12.1 Å². The molecule has 110 valence electrons. The zero-order valence-electron chi connectivity index (χ0n) is 11.6. The maximum atomic E-state index is 11.3. The molecule has 3 aromatic rings. The first-order chi connectivity index (χ1) is 10.7. The number of benzene rings is 2. The predicted octanol–water partition coefficient (Wildman–Crippen LogP) is 2.42. The molecule has 1 heterocycles. The number of carboxylic acids is 1. The third-order valence-electron chi connectivity index (χ3n) is 3.33. The van der Waals surface area contributed by atoms with Crippen LogP contribution < -0.4 is 4.90 Å². The molecule has 0 aliphatic carbocycles. The van der Waals surface area contributed by atoms with E-state index in [2.05, 4.69) is 9.97 Å².